The Morgan fingerprint density at radius 2 is 1.73 bits per heavy atom. The van der Waals surface area contributed by atoms with Gasteiger partial charge in [0, 0.05) is 18.5 Å². The molecule has 0 radical (unpaired) electrons. The number of hydrazone groups is 1. The lowest BCUT2D eigenvalue weighted by molar-refractivity contribution is -0.121. The first kappa shape index (κ1) is 29.1. The lowest BCUT2D eigenvalue weighted by Crippen LogP contribution is -2.25. The first-order valence-electron chi connectivity index (χ1n) is 14.3. The molecule has 10 heteroatoms. The Labute approximate surface area is 259 Å². The highest BCUT2D eigenvalue weighted by Crippen LogP contribution is 2.39. The quantitative estimate of drug-likeness (QED) is 0.238. The fourth-order valence-electron chi connectivity index (χ4n) is 5.20. The van der Waals surface area contributed by atoms with E-state index in [-0.39, 0.29) is 30.9 Å². The van der Waals surface area contributed by atoms with Crippen LogP contribution in [0.15, 0.2) is 101 Å². The van der Waals surface area contributed by atoms with Crippen LogP contribution < -0.4 is 10.1 Å². The van der Waals surface area contributed by atoms with Crippen LogP contribution >= 0.6 is 11.8 Å². The van der Waals surface area contributed by atoms with E-state index in [9.17, 15) is 14.4 Å². The summed E-state index contributed by atoms with van der Waals surface area (Å²) in [6.45, 7) is 2.02. The van der Waals surface area contributed by atoms with Crippen LogP contribution in [0.5, 0.6) is 5.75 Å². The first-order chi connectivity index (χ1) is 21.4. The highest BCUT2D eigenvalue weighted by Gasteiger charge is 2.39. The van der Waals surface area contributed by atoms with E-state index in [4.69, 9.17) is 14.6 Å². The number of esters is 1. The molecule has 0 unspecified atom stereocenters. The number of nitrogens with one attached hydrogen (secondary N) is 1. The number of thioether (sulfide) groups is 1. The van der Waals surface area contributed by atoms with Gasteiger partial charge in [-0.05, 0) is 71.3 Å². The fraction of sp³-hybridized carbons (Fsp3) is 0.206. The van der Waals surface area contributed by atoms with E-state index in [1.807, 2.05) is 36.4 Å². The SMILES string of the molecule is CCOC(=O)c1ccc(NC(=O)C[C@@H]2SC(N3N=C(c4ccc5ccccc5c4)C[C@@H]3c3ccc(OC)cc3)=NC2=O)cc1. The van der Waals surface area contributed by atoms with Crippen molar-refractivity contribution in [2.75, 3.05) is 19.0 Å². The third-order valence-electron chi connectivity index (χ3n) is 7.47. The summed E-state index contributed by atoms with van der Waals surface area (Å²) in [6.07, 6.45) is 0.559. The number of rotatable bonds is 8. The molecule has 0 spiro atoms. The highest BCUT2D eigenvalue weighted by molar-refractivity contribution is 8.15. The second kappa shape index (κ2) is 12.7. The van der Waals surface area contributed by atoms with E-state index in [1.165, 1.54) is 11.8 Å². The molecule has 2 amide bonds. The summed E-state index contributed by atoms with van der Waals surface area (Å²) in [5.41, 5.74) is 3.81. The molecule has 2 atom stereocenters. The summed E-state index contributed by atoms with van der Waals surface area (Å²) in [7, 11) is 1.63. The number of hydrogen-bond acceptors (Lipinski definition) is 8. The second-order valence-corrected chi connectivity index (χ2v) is 11.5. The molecule has 1 N–H and O–H groups in total. The van der Waals surface area contributed by atoms with Crippen LogP contribution in [-0.2, 0) is 14.3 Å². The number of carbonyl (C=O) groups excluding carboxylic acids is 3. The standard InChI is InChI=1S/C34H30N4O5S/c1-3-43-33(41)23-10-14-26(15-11-23)35-31(39)20-30-32(40)36-34(44-30)38-29(22-12-16-27(42-2)17-13-22)19-28(37-38)25-9-8-21-6-4-5-7-24(21)18-25/h4-18,29-30H,3,19-20H2,1-2H3,(H,35,39)/t29-,30+/m1/s1. The maximum absolute atomic E-state index is 13.0. The van der Waals surface area contributed by atoms with Gasteiger partial charge in [0.1, 0.15) is 11.0 Å². The average Bonchev–Trinajstić information content (AvgIpc) is 3.65. The van der Waals surface area contributed by atoms with Crippen molar-refractivity contribution in [3.63, 3.8) is 0 Å². The van der Waals surface area contributed by atoms with Gasteiger partial charge in [0.2, 0.25) is 5.91 Å². The van der Waals surface area contributed by atoms with Crippen molar-refractivity contribution in [2.24, 2.45) is 10.1 Å². The number of benzene rings is 4. The highest BCUT2D eigenvalue weighted by atomic mass is 32.2. The maximum Gasteiger partial charge on any atom is 0.338 e. The van der Waals surface area contributed by atoms with E-state index in [2.05, 4.69) is 40.6 Å². The summed E-state index contributed by atoms with van der Waals surface area (Å²) in [6, 6.07) is 28.5. The van der Waals surface area contributed by atoms with Crippen molar-refractivity contribution >= 4 is 56.9 Å². The average molecular weight is 607 g/mol. The topological polar surface area (TPSA) is 110 Å². The molecule has 44 heavy (non-hydrogen) atoms. The van der Waals surface area contributed by atoms with E-state index < -0.39 is 11.2 Å². The van der Waals surface area contributed by atoms with Gasteiger partial charge in [-0.15, -0.1) is 0 Å². The predicted octanol–water partition coefficient (Wildman–Crippen LogP) is 6.20. The normalized spacial score (nSPS) is 17.8. The van der Waals surface area contributed by atoms with Crippen LogP contribution in [0.2, 0.25) is 0 Å². The molecule has 2 heterocycles. The maximum atomic E-state index is 13.0. The Kier molecular flexibility index (Phi) is 8.42. The van der Waals surface area contributed by atoms with Crippen molar-refractivity contribution < 1.29 is 23.9 Å². The second-order valence-electron chi connectivity index (χ2n) is 10.3. The third-order valence-corrected chi connectivity index (χ3v) is 8.61. The van der Waals surface area contributed by atoms with Crippen molar-refractivity contribution in [2.45, 2.75) is 31.1 Å². The minimum absolute atomic E-state index is 0.0571. The summed E-state index contributed by atoms with van der Waals surface area (Å²) in [5.74, 6) is -0.382. The Morgan fingerprint density at radius 1 is 0.977 bits per heavy atom. The summed E-state index contributed by atoms with van der Waals surface area (Å²) < 4.78 is 10.3. The van der Waals surface area contributed by atoms with Gasteiger partial charge >= 0.3 is 5.97 Å². The molecule has 9 nitrogen and oxygen atoms in total. The van der Waals surface area contributed by atoms with Crippen LogP contribution in [0.25, 0.3) is 10.8 Å². The molecule has 0 aliphatic carbocycles. The van der Waals surface area contributed by atoms with Gasteiger partial charge < -0.3 is 14.8 Å². The largest absolute Gasteiger partial charge is 0.497 e. The molecule has 222 valence electrons. The number of methoxy groups -OCH3 is 1. The van der Waals surface area contributed by atoms with Gasteiger partial charge in [-0.25, -0.2) is 9.80 Å². The minimum atomic E-state index is -0.680. The Bertz CT molecular complexity index is 1790. The summed E-state index contributed by atoms with van der Waals surface area (Å²) in [5, 5.41) is 11.6. The number of fused-ring (bicyclic) bond motifs is 1. The van der Waals surface area contributed by atoms with Crippen LogP contribution in [0.3, 0.4) is 0 Å². The molecular formula is C34H30N4O5S. The molecule has 0 saturated carbocycles. The first-order valence-corrected chi connectivity index (χ1v) is 15.2. The number of nitrogens with zero attached hydrogens (tertiary/aromatic N) is 3. The third kappa shape index (κ3) is 6.21. The number of anilines is 1. The predicted molar refractivity (Wildman–Crippen MR) is 172 cm³/mol. The van der Waals surface area contributed by atoms with Crippen molar-refractivity contribution in [3.05, 3.63) is 108 Å². The molecule has 2 aliphatic rings. The van der Waals surface area contributed by atoms with E-state index >= 15 is 0 Å². The van der Waals surface area contributed by atoms with Crippen LogP contribution in [-0.4, -0.2) is 52.6 Å². The fourth-order valence-corrected chi connectivity index (χ4v) is 6.27. The van der Waals surface area contributed by atoms with Crippen LogP contribution in [0, 0.1) is 0 Å². The molecule has 0 aromatic heterocycles. The van der Waals surface area contributed by atoms with Crippen LogP contribution in [0.4, 0.5) is 5.69 Å². The molecule has 0 saturated heterocycles. The number of ether oxygens (including phenoxy) is 2. The zero-order chi connectivity index (χ0) is 30.6. The molecule has 4 aromatic rings. The number of amidine groups is 1. The molecule has 4 aromatic carbocycles. The van der Waals surface area contributed by atoms with E-state index in [0.29, 0.717) is 22.8 Å². The Balaban J connectivity index is 1.19. The van der Waals surface area contributed by atoms with Crippen molar-refractivity contribution in [1.82, 2.24) is 5.01 Å². The van der Waals surface area contributed by atoms with Gasteiger partial charge in [-0.3, -0.25) is 9.59 Å². The number of carbonyl (C=O) groups is 3. The lowest BCUT2D eigenvalue weighted by atomic mass is 9.97. The molecule has 0 fully saturated rings. The minimum Gasteiger partial charge on any atom is -0.497 e. The summed E-state index contributed by atoms with van der Waals surface area (Å²) in [4.78, 5) is 42.1. The zero-order valence-electron chi connectivity index (χ0n) is 24.2. The van der Waals surface area contributed by atoms with Gasteiger partial charge in [0.25, 0.3) is 5.91 Å². The van der Waals surface area contributed by atoms with Crippen molar-refractivity contribution in [1.29, 1.82) is 0 Å². The molecule has 6 rings (SSSR count). The van der Waals surface area contributed by atoms with Crippen molar-refractivity contribution in [3.8, 4) is 5.75 Å². The monoisotopic (exact) mass is 606 g/mol. The van der Waals surface area contributed by atoms with Gasteiger partial charge in [-0.1, -0.05) is 60.3 Å². The number of hydrogen-bond donors (Lipinski definition) is 1. The van der Waals surface area contributed by atoms with E-state index in [1.54, 1.807) is 43.3 Å². The molecular weight excluding hydrogens is 576 g/mol. The van der Waals surface area contributed by atoms with Gasteiger partial charge in [-0.2, -0.15) is 10.1 Å². The van der Waals surface area contributed by atoms with Crippen LogP contribution in [0.1, 0.15) is 47.3 Å². The Morgan fingerprint density at radius 3 is 2.45 bits per heavy atom. The van der Waals surface area contributed by atoms with Gasteiger partial charge in [0.05, 0.1) is 31.0 Å². The summed E-state index contributed by atoms with van der Waals surface area (Å²) >= 11 is 1.25. The Hall–Kier alpha value is -4.96. The molecule has 0 bridgehead atoms. The number of amides is 2. The lowest BCUT2D eigenvalue weighted by Gasteiger charge is -2.23. The van der Waals surface area contributed by atoms with E-state index in [0.717, 1.165) is 33.4 Å². The molecule has 2 aliphatic heterocycles. The smallest absolute Gasteiger partial charge is 0.338 e. The number of aliphatic imine (C=N–C) groups is 1. The van der Waals surface area contributed by atoms with Gasteiger partial charge in [0.15, 0.2) is 5.17 Å². The zero-order valence-corrected chi connectivity index (χ0v) is 25.0.